The Hall–Kier alpha value is -2.82. The summed E-state index contributed by atoms with van der Waals surface area (Å²) in [6, 6.07) is 12.4. The van der Waals surface area contributed by atoms with Crippen LogP contribution in [0.15, 0.2) is 51.7 Å². The van der Waals surface area contributed by atoms with Gasteiger partial charge >= 0.3 is 11.6 Å². The second kappa shape index (κ2) is 6.74. The van der Waals surface area contributed by atoms with E-state index >= 15 is 0 Å². The van der Waals surface area contributed by atoms with E-state index in [1.54, 1.807) is 24.3 Å². The van der Waals surface area contributed by atoms with E-state index in [0.29, 0.717) is 16.7 Å². The molecule has 0 spiro atoms. The number of hydrogen-bond donors (Lipinski definition) is 0. The summed E-state index contributed by atoms with van der Waals surface area (Å²) in [5.74, 6) is 0.0199. The monoisotopic (exact) mass is 326 g/mol. The molecule has 0 aliphatic rings. The third-order valence-corrected chi connectivity index (χ3v) is 3.86. The Morgan fingerprint density at radius 2 is 1.88 bits per heavy atom. The summed E-state index contributed by atoms with van der Waals surface area (Å²) in [6.07, 6.45) is 0.613. The van der Waals surface area contributed by atoms with Gasteiger partial charge in [0, 0.05) is 11.5 Å². The van der Waals surface area contributed by atoms with E-state index in [0.717, 1.165) is 17.2 Å². The Balaban J connectivity index is 1.85. The van der Waals surface area contributed by atoms with Crippen molar-refractivity contribution in [3.63, 3.8) is 0 Å². The highest BCUT2D eigenvalue weighted by Crippen LogP contribution is 2.26. The standard InChI is InChI=1S/C19H18O5/c1-3-12(2)23-18(20)11-22-13-8-9-15-14-6-4-5-7-16(14)19(21)24-17(15)10-13/h4-10,12H,3,11H2,1-2H3/t12-/m1/s1. The molecule has 2 aromatic carbocycles. The van der Waals surface area contributed by atoms with Gasteiger partial charge in [-0.25, -0.2) is 9.59 Å². The fraction of sp³-hybridized carbons (Fsp3) is 0.263. The molecule has 3 rings (SSSR count). The second-order valence-corrected chi connectivity index (χ2v) is 5.59. The number of benzene rings is 2. The molecule has 0 N–H and O–H groups in total. The predicted molar refractivity (Wildman–Crippen MR) is 91.3 cm³/mol. The van der Waals surface area contributed by atoms with Crippen LogP contribution in [-0.2, 0) is 9.53 Å². The van der Waals surface area contributed by atoms with Gasteiger partial charge in [0.05, 0.1) is 11.5 Å². The molecule has 1 aromatic heterocycles. The molecule has 0 bridgehead atoms. The summed E-state index contributed by atoms with van der Waals surface area (Å²) in [7, 11) is 0. The van der Waals surface area contributed by atoms with Crippen LogP contribution in [-0.4, -0.2) is 18.7 Å². The number of carbonyl (C=O) groups is 1. The van der Waals surface area contributed by atoms with Crippen molar-refractivity contribution in [2.75, 3.05) is 6.61 Å². The molecule has 0 radical (unpaired) electrons. The minimum absolute atomic E-state index is 0.137. The molecule has 3 aromatic rings. The van der Waals surface area contributed by atoms with Crippen molar-refractivity contribution in [2.24, 2.45) is 0 Å². The molecule has 5 heteroatoms. The van der Waals surface area contributed by atoms with Crippen LogP contribution in [0, 0.1) is 0 Å². The van der Waals surface area contributed by atoms with Crippen LogP contribution in [0.4, 0.5) is 0 Å². The molecule has 0 fully saturated rings. The van der Waals surface area contributed by atoms with E-state index in [1.165, 1.54) is 0 Å². The molecule has 5 nitrogen and oxygen atoms in total. The fourth-order valence-corrected chi connectivity index (χ4v) is 2.43. The minimum atomic E-state index is -0.426. The average molecular weight is 326 g/mol. The third kappa shape index (κ3) is 3.25. The lowest BCUT2D eigenvalue weighted by Crippen LogP contribution is -2.20. The minimum Gasteiger partial charge on any atom is -0.482 e. The Bertz CT molecular complexity index is 941. The highest BCUT2D eigenvalue weighted by atomic mass is 16.6. The van der Waals surface area contributed by atoms with Crippen LogP contribution >= 0.6 is 0 Å². The summed E-state index contributed by atoms with van der Waals surface area (Å²) < 4.78 is 15.9. The van der Waals surface area contributed by atoms with Crippen molar-refractivity contribution in [1.82, 2.24) is 0 Å². The van der Waals surface area contributed by atoms with Crippen molar-refractivity contribution >= 4 is 27.7 Å². The van der Waals surface area contributed by atoms with E-state index in [1.807, 2.05) is 32.0 Å². The van der Waals surface area contributed by atoms with Gasteiger partial charge in [-0.05, 0) is 36.9 Å². The third-order valence-electron chi connectivity index (χ3n) is 3.86. The number of esters is 1. The number of rotatable bonds is 5. The number of ether oxygens (including phenoxy) is 2. The van der Waals surface area contributed by atoms with Crippen LogP contribution in [0.1, 0.15) is 20.3 Å². The predicted octanol–water partition coefficient (Wildman–Crippen LogP) is 3.67. The summed E-state index contributed by atoms with van der Waals surface area (Å²) in [6.45, 7) is 3.58. The summed E-state index contributed by atoms with van der Waals surface area (Å²) in [4.78, 5) is 23.7. The van der Waals surface area contributed by atoms with Crippen LogP contribution in [0.25, 0.3) is 21.7 Å². The van der Waals surface area contributed by atoms with Crippen LogP contribution in [0.2, 0.25) is 0 Å². The molecule has 1 atom stereocenters. The lowest BCUT2D eigenvalue weighted by atomic mass is 10.1. The van der Waals surface area contributed by atoms with E-state index < -0.39 is 11.6 Å². The largest absolute Gasteiger partial charge is 0.482 e. The van der Waals surface area contributed by atoms with Crippen LogP contribution < -0.4 is 10.4 Å². The first-order valence-corrected chi connectivity index (χ1v) is 7.86. The topological polar surface area (TPSA) is 65.7 Å². The van der Waals surface area contributed by atoms with Crippen LogP contribution in [0.3, 0.4) is 0 Å². The van der Waals surface area contributed by atoms with E-state index in [4.69, 9.17) is 13.9 Å². The highest BCUT2D eigenvalue weighted by Gasteiger charge is 2.11. The molecular formula is C19H18O5. The first-order chi connectivity index (χ1) is 11.6. The summed E-state index contributed by atoms with van der Waals surface area (Å²) in [5.41, 5.74) is 0.0259. The Labute approximate surface area is 138 Å². The van der Waals surface area contributed by atoms with Gasteiger partial charge < -0.3 is 13.9 Å². The quantitative estimate of drug-likeness (QED) is 0.407. The lowest BCUT2D eigenvalue weighted by Gasteiger charge is -2.11. The molecule has 0 aliphatic heterocycles. The second-order valence-electron chi connectivity index (χ2n) is 5.59. The Kier molecular flexibility index (Phi) is 4.51. The Morgan fingerprint density at radius 1 is 1.12 bits per heavy atom. The molecule has 0 saturated heterocycles. The zero-order chi connectivity index (χ0) is 17.1. The maximum atomic E-state index is 12.0. The number of fused-ring (bicyclic) bond motifs is 3. The number of carbonyl (C=O) groups excluding carboxylic acids is 1. The maximum Gasteiger partial charge on any atom is 0.344 e. The zero-order valence-electron chi connectivity index (χ0n) is 13.6. The first kappa shape index (κ1) is 16.1. The summed E-state index contributed by atoms with van der Waals surface area (Å²) in [5, 5.41) is 2.18. The molecule has 0 unspecified atom stereocenters. The molecule has 1 heterocycles. The fourth-order valence-electron chi connectivity index (χ4n) is 2.43. The molecule has 0 amide bonds. The zero-order valence-corrected chi connectivity index (χ0v) is 13.6. The van der Waals surface area contributed by atoms with E-state index in [9.17, 15) is 9.59 Å². The lowest BCUT2D eigenvalue weighted by molar-refractivity contribution is -0.150. The number of hydrogen-bond acceptors (Lipinski definition) is 5. The van der Waals surface area contributed by atoms with Crippen molar-refractivity contribution < 1.29 is 18.7 Å². The highest BCUT2D eigenvalue weighted by molar-refractivity contribution is 6.04. The van der Waals surface area contributed by atoms with Gasteiger partial charge in [0.15, 0.2) is 6.61 Å². The van der Waals surface area contributed by atoms with Gasteiger partial charge in [0.1, 0.15) is 11.3 Å². The van der Waals surface area contributed by atoms with Crippen LogP contribution in [0.5, 0.6) is 5.75 Å². The maximum absolute atomic E-state index is 12.0. The summed E-state index contributed by atoms with van der Waals surface area (Å²) >= 11 is 0. The van der Waals surface area contributed by atoms with Crippen molar-refractivity contribution in [3.05, 3.63) is 52.9 Å². The van der Waals surface area contributed by atoms with E-state index in [-0.39, 0.29) is 12.7 Å². The SMILES string of the molecule is CC[C@@H](C)OC(=O)COc1ccc2c(c1)oc(=O)c1ccccc12. The normalized spacial score (nSPS) is 12.2. The first-order valence-electron chi connectivity index (χ1n) is 7.86. The molecule has 0 aliphatic carbocycles. The van der Waals surface area contributed by atoms with Gasteiger partial charge in [0.25, 0.3) is 0 Å². The van der Waals surface area contributed by atoms with Crippen molar-refractivity contribution in [3.8, 4) is 5.75 Å². The molecule has 24 heavy (non-hydrogen) atoms. The van der Waals surface area contributed by atoms with Gasteiger partial charge in [-0.15, -0.1) is 0 Å². The van der Waals surface area contributed by atoms with E-state index in [2.05, 4.69) is 0 Å². The average Bonchev–Trinajstić information content (AvgIpc) is 2.60. The van der Waals surface area contributed by atoms with Gasteiger partial charge in [-0.3, -0.25) is 0 Å². The smallest absolute Gasteiger partial charge is 0.344 e. The van der Waals surface area contributed by atoms with Crippen molar-refractivity contribution in [2.45, 2.75) is 26.4 Å². The van der Waals surface area contributed by atoms with Crippen molar-refractivity contribution in [1.29, 1.82) is 0 Å². The van der Waals surface area contributed by atoms with Gasteiger partial charge in [0.2, 0.25) is 0 Å². The van der Waals surface area contributed by atoms with Gasteiger partial charge in [-0.1, -0.05) is 25.1 Å². The molecule has 0 saturated carbocycles. The Morgan fingerprint density at radius 3 is 2.62 bits per heavy atom. The molecule has 124 valence electrons. The van der Waals surface area contributed by atoms with Gasteiger partial charge in [-0.2, -0.15) is 0 Å². The molecular weight excluding hydrogens is 308 g/mol.